The average molecular weight is 326 g/mol. The summed E-state index contributed by atoms with van der Waals surface area (Å²) in [6.07, 6.45) is 5.04. The zero-order chi connectivity index (χ0) is 17.4. The second kappa shape index (κ2) is 8.82. The normalized spacial score (nSPS) is 10.2. The molecule has 24 heavy (non-hydrogen) atoms. The molecule has 2 rings (SSSR count). The summed E-state index contributed by atoms with van der Waals surface area (Å²) in [5.74, 6) is -0.497. The van der Waals surface area contributed by atoms with Crippen molar-refractivity contribution in [1.29, 1.82) is 0 Å². The van der Waals surface area contributed by atoms with Gasteiger partial charge >= 0.3 is 5.97 Å². The van der Waals surface area contributed by atoms with Crippen LogP contribution in [0.25, 0.3) is 0 Å². The van der Waals surface area contributed by atoms with Gasteiger partial charge in [-0.1, -0.05) is 30.3 Å². The minimum absolute atomic E-state index is 0.0514. The van der Waals surface area contributed by atoms with Gasteiger partial charge in [-0.2, -0.15) is 0 Å². The molecule has 126 valence electrons. The fraction of sp³-hybridized carbons (Fsp3) is 0.316. The minimum Gasteiger partial charge on any atom is -0.462 e. The monoisotopic (exact) mass is 326 g/mol. The molecule has 0 aliphatic heterocycles. The van der Waals surface area contributed by atoms with Gasteiger partial charge in [-0.3, -0.25) is 9.78 Å². The summed E-state index contributed by atoms with van der Waals surface area (Å²) in [6, 6.07) is 11.6. The Balaban J connectivity index is 1.99. The van der Waals surface area contributed by atoms with E-state index in [-0.39, 0.29) is 12.5 Å². The molecule has 1 amide bonds. The van der Waals surface area contributed by atoms with Gasteiger partial charge in [0, 0.05) is 19.7 Å². The van der Waals surface area contributed by atoms with Crippen LogP contribution in [0.15, 0.2) is 48.8 Å². The van der Waals surface area contributed by atoms with Gasteiger partial charge in [0.2, 0.25) is 5.91 Å². The van der Waals surface area contributed by atoms with Crippen LogP contribution in [0.2, 0.25) is 0 Å². The number of pyridine rings is 1. The summed E-state index contributed by atoms with van der Waals surface area (Å²) < 4.78 is 5.03. The van der Waals surface area contributed by atoms with Crippen molar-refractivity contribution in [2.24, 2.45) is 0 Å². The Hall–Kier alpha value is -2.69. The predicted molar refractivity (Wildman–Crippen MR) is 93.0 cm³/mol. The number of amides is 1. The molecule has 2 aromatic rings. The highest BCUT2D eigenvalue weighted by atomic mass is 16.5. The molecule has 0 atom stereocenters. The van der Waals surface area contributed by atoms with Gasteiger partial charge in [0.05, 0.1) is 24.1 Å². The number of anilines is 1. The molecule has 1 heterocycles. The molecule has 0 N–H and O–H groups in total. The first-order chi connectivity index (χ1) is 11.6. The van der Waals surface area contributed by atoms with Crippen LogP contribution in [0.3, 0.4) is 0 Å². The molecule has 0 saturated heterocycles. The smallest absolute Gasteiger partial charge is 0.340 e. The number of ether oxygens (including phenoxy) is 1. The highest BCUT2D eigenvalue weighted by Crippen LogP contribution is 2.20. The van der Waals surface area contributed by atoms with Gasteiger partial charge < -0.3 is 9.64 Å². The Labute approximate surface area is 142 Å². The number of hydrogen-bond acceptors (Lipinski definition) is 4. The Kier molecular flexibility index (Phi) is 6.49. The predicted octanol–water partition coefficient (Wildman–Crippen LogP) is 3.24. The fourth-order valence-corrected chi connectivity index (χ4v) is 2.43. The van der Waals surface area contributed by atoms with Crippen molar-refractivity contribution >= 4 is 17.6 Å². The van der Waals surface area contributed by atoms with E-state index in [1.807, 2.05) is 30.3 Å². The van der Waals surface area contributed by atoms with Gasteiger partial charge in [-0.05, 0) is 31.4 Å². The van der Waals surface area contributed by atoms with Gasteiger partial charge in [0.1, 0.15) is 0 Å². The molecule has 0 bridgehead atoms. The number of benzene rings is 1. The first-order valence-electron chi connectivity index (χ1n) is 8.05. The maximum Gasteiger partial charge on any atom is 0.340 e. The van der Waals surface area contributed by atoms with E-state index in [0.29, 0.717) is 17.7 Å². The van der Waals surface area contributed by atoms with Crippen molar-refractivity contribution in [2.75, 3.05) is 18.6 Å². The van der Waals surface area contributed by atoms with Gasteiger partial charge in [-0.15, -0.1) is 0 Å². The zero-order valence-electron chi connectivity index (χ0n) is 14.1. The number of hydrogen-bond donors (Lipinski definition) is 0. The van der Waals surface area contributed by atoms with Crippen LogP contribution < -0.4 is 4.90 Å². The molecule has 1 aromatic heterocycles. The Morgan fingerprint density at radius 1 is 1.17 bits per heavy atom. The first kappa shape index (κ1) is 17.7. The summed E-state index contributed by atoms with van der Waals surface area (Å²) >= 11 is 0. The van der Waals surface area contributed by atoms with Crippen LogP contribution >= 0.6 is 0 Å². The van der Waals surface area contributed by atoms with Crippen molar-refractivity contribution in [3.8, 4) is 0 Å². The van der Waals surface area contributed by atoms with Crippen LogP contribution in [0.4, 0.5) is 5.69 Å². The standard InChI is InChI=1S/C19H22N2O3/c1-3-24-19(23)16-12-13-20-14-17(16)21(2)18(22)11-7-10-15-8-5-4-6-9-15/h4-6,8-9,12-14H,3,7,10-11H2,1-2H3. The Morgan fingerprint density at radius 3 is 2.62 bits per heavy atom. The lowest BCUT2D eigenvalue weighted by Gasteiger charge is -2.19. The van der Waals surface area contributed by atoms with E-state index in [1.165, 1.54) is 22.9 Å². The van der Waals surface area contributed by atoms with Gasteiger partial charge in [0.25, 0.3) is 0 Å². The lowest BCUT2D eigenvalue weighted by Crippen LogP contribution is -2.28. The highest BCUT2D eigenvalue weighted by molar-refractivity contribution is 6.02. The van der Waals surface area contributed by atoms with Crippen molar-refractivity contribution in [1.82, 2.24) is 4.98 Å². The Bertz CT molecular complexity index is 686. The number of rotatable bonds is 7. The zero-order valence-corrected chi connectivity index (χ0v) is 14.1. The molecule has 0 saturated carbocycles. The van der Waals surface area contributed by atoms with E-state index < -0.39 is 5.97 Å². The SMILES string of the molecule is CCOC(=O)c1ccncc1N(C)C(=O)CCCc1ccccc1. The third-order valence-electron chi connectivity index (χ3n) is 3.73. The lowest BCUT2D eigenvalue weighted by atomic mass is 10.1. The number of aromatic nitrogens is 1. The van der Waals surface area contributed by atoms with Crippen molar-refractivity contribution < 1.29 is 14.3 Å². The maximum absolute atomic E-state index is 12.4. The third-order valence-corrected chi connectivity index (χ3v) is 3.73. The molecule has 5 nitrogen and oxygen atoms in total. The van der Waals surface area contributed by atoms with Crippen LogP contribution in [-0.2, 0) is 16.0 Å². The van der Waals surface area contributed by atoms with Gasteiger partial charge in [0.15, 0.2) is 0 Å². The maximum atomic E-state index is 12.4. The number of carbonyl (C=O) groups is 2. The molecular weight excluding hydrogens is 304 g/mol. The summed E-state index contributed by atoms with van der Waals surface area (Å²) in [4.78, 5) is 29.9. The van der Waals surface area contributed by atoms with E-state index in [2.05, 4.69) is 4.98 Å². The molecule has 5 heteroatoms. The summed E-state index contributed by atoms with van der Waals surface area (Å²) in [5, 5.41) is 0. The van der Waals surface area contributed by atoms with Crippen LogP contribution in [0.1, 0.15) is 35.7 Å². The first-order valence-corrected chi connectivity index (χ1v) is 8.05. The lowest BCUT2D eigenvalue weighted by molar-refractivity contribution is -0.118. The van der Waals surface area contributed by atoms with Crippen LogP contribution in [0, 0.1) is 0 Å². The van der Waals surface area contributed by atoms with Gasteiger partial charge in [-0.25, -0.2) is 4.79 Å². The molecular formula is C19H22N2O3. The second-order valence-corrected chi connectivity index (χ2v) is 5.41. The summed E-state index contributed by atoms with van der Waals surface area (Å²) in [6.45, 7) is 2.03. The second-order valence-electron chi connectivity index (χ2n) is 5.41. The largest absolute Gasteiger partial charge is 0.462 e. The van der Waals surface area contributed by atoms with Crippen LogP contribution in [0.5, 0.6) is 0 Å². The van der Waals surface area contributed by atoms with E-state index in [9.17, 15) is 9.59 Å². The fourth-order valence-electron chi connectivity index (χ4n) is 2.43. The molecule has 1 aromatic carbocycles. The summed E-state index contributed by atoms with van der Waals surface area (Å²) in [7, 11) is 1.66. The molecule has 0 fully saturated rings. The quantitative estimate of drug-likeness (QED) is 0.733. The van der Waals surface area contributed by atoms with E-state index in [1.54, 1.807) is 20.0 Å². The Morgan fingerprint density at radius 2 is 1.92 bits per heavy atom. The number of nitrogens with zero attached hydrogens (tertiary/aromatic N) is 2. The molecule has 0 unspecified atom stereocenters. The van der Waals surface area contributed by atoms with E-state index >= 15 is 0 Å². The highest BCUT2D eigenvalue weighted by Gasteiger charge is 2.19. The molecule has 0 aliphatic rings. The summed E-state index contributed by atoms with van der Waals surface area (Å²) in [5.41, 5.74) is 2.04. The number of carbonyl (C=O) groups excluding carboxylic acids is 2. The van der Waals surface area contributed by atoms with E-state index in [4.69, 9.17) is 4.74 Å². The molecule has 0 radical (unpaired) electrons. The topological polar surface area (TPSA) is 59.5 Å². The van der Waals surface area contributed by atoms with Crippen molar-refractivity contribution in [3.05, 3.63) is 59.9 Å². The number of esters is 1. The minimum atomic E-state index is -0.446. The molecule has 0 spiro atoms. The third kappa shape index (κ3) is 4.65. The van der Waals surface area contributed by atoms with Crippen molar-refractivity contribution in [3.63, 3.8) is 0 Å². The average Bonchev–Trinajstić information content (AvgIpc) is 2.62. The van der Waals surface area contributed by atoms with Crippen molar-refractivity contribution in [2.45, 2.75) is 26.2 Å². The van der Waals surface area contributed by atoms with E-state index in [0.717, 1.165) is 12.8 Å². The molecule has 0 aliphatic carbocycles. The van der Waals surface area contributed by atoms with Crippen LogP contribution in [-0.4, -0.2) is 30.5 Å². The number of aryl methyl sites for hydroxylation is 1.